The molecule has 0 unspecified atom stereocenters. The molecule has 0 aliphatic rings. The van der Waals surface area contributed by atoms with Crippen LogP contribution in [0.4, 0.5) is 11.5 Å². The Kier molecular flexibility index (Phi) is 5.36. The summed E-state index contributed by atoms with van der Waals surface area (Å²) in [6.45, 7) is 2.59. The Morgan fingerprint density at radius 2 is 2.00 bits per heavy atom. The lowest BCUT2D eigenvalue weighted by atomic mass is 10.3. The fourth-order valence-electron chi connectivity index (χ4n) is 1.59. The Morgan fingerprint density at radius 1 is 1.19 bits per heavy atom. The second-order valence-electron chi connectivity index (χ2n) is 4.29. The Balaban J connectivity index is 2.09. The Hall–Kier alpha value is -1.85. The van der Waals surface area contributed by atoms with Gasteiger partial charge in [0.05, 0.1) is 15.7 Å². The molecule has 0 spiro atoms. The van der Waals surface area contributed by atoms with Crippen LogP contribution in [0.5, 0.6) is 0 Å². The van der Waals surface area contributed by atoms with Crippen LogP contribution < -0.4 is 10.6 Å². The van der Waals surface area contributed by atoms with Gasteiger partial charge in [0.15, 0.2) is 11.5 Å². The maximum atomic E-state index is 11.7. The zero-order valence-corrected chi connectivity index (χ0v) is 12.9. The molecule has 5 nitrogen and oxygen atoms in total. The van der Waals surface area contributed by atoms with Gasteiger partial charge in [-0.25, -0.2) is 0 Å². The molecule has 1 aromatic carbocycles. The molecular formula is C14H14Cl2N4O. The highest BCUT2D eigenvalue weighted by Gasteiger charge is 2.09. The normalized spacial score (nSPS) is 10.2. The number of nitrogens with one attached hydrogen (secondary N) is 2. The third kappa shape index (κ3) is 4.06. The van der Waals surface area contributed by atoms with Crippen LogP contribution in [-0.2, 0) is 0 Å². The molecule has 1 heterocycles. The molecule has 0 saturated heterocycles. The number of benzene rings is 1. The van der Waals surface area contributed by atoms with E-state index in [9.17, 15) is 4.79 Å². The van der Waals surface area contributed by atoms with Crippen molar-refractivity contribution in [2.24, 2.45) is 0 Å². The fraction of sp³-hybridized carbons (Fsp3) is 0.214. The minimum absolute atomic E-state index is 0.239. The van der Waals surface area contributed by atoms with Crippen molar-refractivity contribution in [3.63, 3.8) is 0 Å². The topological polar surface area (TPSA) is 66.9 Å². The smallest absolute Gasteiger partial charge is 0.271 e. The van der Waals surface area contributed by atoms with Crippen LogP contribution in [-0.4, -0.2) is 22.6 Å². The summed E-state index contributed by atoms with van der Waals surface area (Å²) >= 11 is 12.0. The summed E-state index contributed by atoms with van der Waals surface area (Å²) in [6.07, 6.45) is 0.867. The first-order valence-corrected chi connectivity index (χ1v) is 7.20. The molecule has 0 atom stereocenters. The highest BCUT2D eigenvalue weighted by molar-refractivity contribution is 6.43. The molecule has 0 fully saturated rings. The van der Waals surface area contributed by atoms with Crippen molar-refractivity contribution < 1.29 is 4.79 Å². The van der Waals surface area contributed by atoms with E-state index in [1.807, 2.05) is 6.92 Å². The van der Waals surface area contributed by atoms with Crippen LogP contribution in [0.1, 0.15) is 23.8 Å². The number of carbonyl (C=O) groups excluding carboxylic acids is 1. The molecule has 110 valence electrons. The number of aromatic nitrogens is 2. The minimum Gasteiger partial charge on any atom is -0.351 e. The molecule has 2 aromatic rings. The van der Waals surface area contributed by atoms with Crippen molar-refractivity contribution in [3.05, 3.63) is 46.1 Å². The second kappa shape index (κ2) is 7.24. The van der Waals surface area contributed by atoms with Crippen LogP contribution >= 0.6 is 23.2 Å². The zero-order chi connectivity index (χ0) is 15.2. The summed E-state index contributed by atoms with van der Waals surface area (Å²) in [6, 6.07) is 8.50. The summed E-state index contributed by atoms with van der Waals surface area (Å²) in [5.74, 6) is 0.239. The van der Waals surface area contributed by atoms with Gasteiger partial charge < -0.3 is 10.6 Å². The predicted octanol–water partition coefficient (Wildman–Crippen LogP) is 3.67. The average molecular weight is 325 g/mol. The molecule has 0 radical (unpaired) electrons. The molecule has 0 aliphatic carbocycles. The number of anilines is 2. The SMILES string of the molecule is CCCNC(=O)c1ccc(Nc2cccc(Cl)c2Cl)nn1. The average Bonchev–Trinajstić information content (AvgIpc) is 2.50. The van der Waals surface area contributed by atoms with E-state index in [4.69, 9.17) is 23.2 Å². The van der Waals surface area contributed by atoms with E-state index in [-0.39, 0.29) is 11.6 Å². The third-order valence-corrected chi connectivity index (χ3v) is 3.47. The van der Waals surface area contributed by atoms with Gasteiger partial charge >= 0.3 is 0 Å². The number of hydrogen-bond donors (Lipinski definition) is 2. The van der Waals surface area contributed by atoms with Crippen LogP contribution in [0.15, 0.2) is 30.3 Å². The van der Waals surface area contributed by atoms with Gasteiger partial charge in [-0.2, -0.15) is 0 Å². The molecule has 0 aliphatic heterocycles. The highest BCUT2D eigenvalue weighted by Crippen LogP contribution is 2.31. The summed E-state index contributed by atoms with van der Waals surface area (Å²) in [5.41, 5.74) is 0.896. The molecule has 0 saturated carbocycles. The quantitative estimate of drug-likeness (QED) is 0.880. The Bertz CT molecular complexity index is 631. The van der Waals surface area contributed by atoms with Gasteiger partial charge in [-0.3, -0.25) is 4.79 Å². The predicted molar refractivity (Wildman–Crippen MR) is 84.4 cm³/mol. The second-order valence-corrected chi connectivity index (χ2v) is 5.07. The largest absolute Gasteiger partial charge is 0.351 e. The van der Waals surface area contributed by atoms with E-state index < -0.39 is 0 Å². The molecule has 21 heavy (non-hydrogen) atoms. The fourth-order valence-corrected chi connectivity index (χ4v) is 1.94. The number of hydrogen-bond acceptors (Lipinski definition) is 4. The summed E-state index contributed by atoms with van der Waals surface area (Å²) in [5, 5.41) is 14.4. The number of carbonyl (C=O) groups is 1. The number of halogens is 2. The van der Waals surface area contributed by atoms with Crippen LogP contribution in [0, 0.1) is 0 Å². The van der Waals surface area contributed by atoms with Crippen LogP contribution in [0.2, 0.25) is 10.0 Å². The first-order valence-electron chi connectivity index (χ1n) is 6.44. The highest BCUT2D eigenvalue weighted by atomic mass is 35.5. The van der Waals surface area contributed by atoms with Crippen LogP contribution in [0.25, 0.3) is 0 Å². The van der Waals surface area contributed by atoms with Gasteiger partial charge in [0.1, 0.15) is 0 Å². The van der Waals surface area contributed by atoms with Gasteiger partial charge in [-0.1, -0.05) is 36.2 Å². The van der Waals surface area contributed by atoms with Gasteiger partial charge in [0, 0.05) is 6.54 Å². The molecule has 0 bridgehead atoms. The van der Waals surface area contributed by atoms with Crippen LogP contribution in [0.3, 0.4) is 0 Å². The van der Waals surface area contributed by atoms with Crippen molar-refractivity contribution in [1.82, 2.24) is 15.5 Å². The number of nitrogens with zero attached hydrogens (tertiary/aromatic N) is 2. The Morgan fingerprint density at radius 3 is 2.67 bits per heavy atom. The van der Waals surface area contributed by atoms with Crippen molar-refractivity contribution >= 4 is 40.6 Å². The van der Waals surface area contributed by atoms with Gasteiger partial charge in [-0.05, 0) is 30.7 Å². The Labute approximate surface area is 132 Å². The molecular weight excluding hydrogens is 311 g/mol. The van der Waals surface area contributed by atoms with E-state index in [0.29, 0.717) is 28.1 Å². The molecule has 1 amide bonds. The lowest BCUT2D eigenvalue weighted by Gasteiger charge is -2.08. The molecule has 1 aromatic heterocycles. The summed E-state index contributed by atoms with van der Waals surface area (Å²) in [7, 11) is 0. The summed E-state index contributed by atoms with van der Waals surface area (Å²) < 4.78 is 0. The van der Waals surface area contributed by atoms with E-state index in [1.54, 1.807) is 30.3 Å². The number of amides is 1. The van der Waals surface area contributed by atoms with Crippen molar-refractivity contribution in [2.45, 2.75) is 13.3 Å². The van der Waals surface area contributed by atoms with Gasteiger partial charge in [-0.15, -0.1) is 10.2 Å². The van der Waals surface area contributed by atoms with Crippen molar-refractivity contribution in [2.75, 3.05) is 11.9 Å². The molecule has 2 N–H and O–H groups in total. The third-order valence-electron chi connectivity index (χ3n) is 2.65. The number of rotatable bonds is 5. The van der Waals surface area contributed by atoms with E-state index in [0.717, 1.165) is 6.42 Å². The van der Waals surface area contributed by atoms with Crippen molar-refractivity contribution in [3.8, 4) is 0 Å². The maximum absolute atomic E-state index is 11.7. The van der Waals surface area contributed by atoms with Crippen molar-refractivity contribution in [1.29, 1.82) is 0 Å². The van der Waals surface area contributed by atoms with E-state index in [1.165, 1.54) is 0 Å². The first kappa shape index (κ1) is 15.5. The lowest BCUT2D eigenvalue weighted by molar-refractivity contribution is 0.0947. The monoisotopic (exact) mass is 324 g/mol. The van der Waals surface area contributed by atoms with E-state index in [2.05, 4.69) is 20.8 Å². The standard InChI is InChI=1S/C14H14Cl2N4O/c1-2-8-17-14(21)11-6-7-12(20-19-11)18-10-5-3-4-9(15)13(10)16/h3-7H,2,8H2,1H3,(H,17,21)(H,18,20). The lowest BCUT2D eigenvalue weighted by Crippen LogP contribution is -2.25. The minimum atomic E-state index is -0.239. The van der Waals surface area contributed by atoms with E-state index >= 15 is 0 Å². The van der Waals surface area contributed by atoms with Gasteiger partial charge in [0.25, 0.3) is 5.91 Å². The molecule has 7 heteroatoms. The molecule has 2 rings (SSSR count). The first-order chi connectivity index (χ1) is 10.1. The zero-order valence-electron chi connectivity index (χ0n) is 11.4. The maximum Gasteiger partial charge on any atom is 0.271 e. The van der Waals surface area contributed by atoms with Gasteiger partial charge in [0.2, 0.25) is 0 Å². The summed E-state index contributed by atoms with van der Waals surface area (Å²) in [4.78, 5) is 11.7.